The molecule has 8 nitrogen and oxygen atoms in total. The summed E-state index contributed by atoms with van der Waals surface area (Å²) in [7, 11) is 3.22. The SMILES string of the molecule is CNC(=O)[C@@]1(c2ccccn2)CCCN(C(=O)c2cccnc2Nc2cccc(OC)c2)C1. The van der Waals surface area contributed by atoms with Gasteiger partial charge in [-0.1, -0.05) is 12.1 Å². The van der Waals surface area contributed by atoms with Crippen molar-refractivity contribution in [1.29, 1.82) is 0 Å². The molecule has 3 heterocycles. The van der Waals surface area contributed by atoms with E-state index in [4.69, 9.17) is 4.74 Å². The van der Waals surface area contributed by atoms with Crippen LogP contribution in [-0.4, -0.2) is 53.9 Å². The van der Waals surface area contributed by atoms with E-state index >= 15 is 0 Å². The molecule has 33 heavy (non-hydrogen) atoms. The van der Waals surface area contributed by atoms with Crippen LogP contribution in [0.4, 0.5) is 11.5 Å². The molecule has 0 unspecified atom stereocenters. The molecule has 0 spiro atoms. The summed E-state index contributed by atoms with van der Waals surface area (Å²) in [5.74, 6) is 0.826. The quantitative estimate of drug-likeness (QED) is 0.605. The predicted molar refractivity (Wildman–Crippen MR) is 126 cm³/mol. The zero-order chi connectivity index (χ0) is 23.3. The van der Waals surface area contributed by atoms with Gasteiger partial charge in [0.1, 0.15) is 17.0 Å². The third kappa shape index (κ3) is 4.50. The van der Waals surface area contributed by atoms with Crippen molar-refractivity contribution in [2.75, 3.05) is 32.6 Å². The zero-order valence-corrected chi connectivity index (χ0v) is 18.7. The Bertz CT molecular complexity index is 1140. The number of carbonyl (C=O) groups is 2. The van der Waals surface area contributed by atoms with E-state index < -0.39 is 5.41 Å². The van der Waals surface area contributed by atoms with Crippen molar-refractivity contribution in [1.82, 2.24) is 20.2 Å². The number of piperidine rings is 1. The number of nitrogens with zero attached hydrogens (tertiary/aromatic N) is 3. The Morgan fingerprint density at radius 3 is 2.67 bits per heavy atom. The lowest BCUT2D eigenvalue weighted by molar-refractivity contribution is -0.128. The van der Waals surface area contributed by atoms with Gasteiger partial charge in [0.15, 0.2) is 0 Å². The predicted octanol–water partition coefficient (Wildman–Crippen LogP) is 3.15. The average Bonchev–Trinajstić information content (AvgIpc) is 2.88. The normalized spacial score (nSPS) is 17.8. The van der Waals surface area contributed by atoms with E-state index in [1.165, 1.54) is 0 Å². The number of ether oxygens (including phenoxy) is 1. The molecule has 0 bridgehead atoms. The molecule has 0 aliphatic carbocycles. The standard InChI is InChI=1S/C25H27N5O3/c1-26-24(32)25(21-11-3-4-13-27-21)12-7-15-30(17-25)23(31)20-10-6-14-28-22(20)29-18-8-5-9-19(16-18)33-2/h3-6,8-11,13-14,16H,7,12,15,17H2,1-2H3,(H,26,32)(H,28,29)/t25-/m0/s1. The topological polar surface area (TPSA) is 96.5 Å². The van der Waals surface area contributed by atoms with Gasteiger partial charge in [0, 0.05) is 44.3 Å². The molecule has 1 fully saturated rings. The van der Waals surface area contributed by atoms with E-state index in [9.17, 15) is 9.59 Å². The Morgan fingerprint density at radius 1 is 1.06 bits per heavy atom. The number of anilines is 2. The first-order valence-electron chi connectivity index (χ1n) is 10.9. The van der Waals surface area contributed by atoms with Gasteiger partial charge in [-0.15, -0.1) is 0 Å². The lowest BCUT2D eigenvalue weighted by Crippen LogP contribution is -2.56. The average molecular weight is 446 g/mol. The van der Waals surface area contributed by atoms with Crippen LogP contribution in [0.2, 0.25) is 0 Å². The van der Waals surface area contributed by atoms with Crippen LogP contribution < -0.4 is 15.4 Å². The van der Waals surface area contributed by atoms with Crippen LogP contribution in [0.1, 0.15) is 28.9 Å². The second-order valence-corrected chi connectivity index (χ2v) is 7.96. The summed E-state index contributed by atoms with van der Waals surface area (Å²) in [6, 6.07) is 16.4. The molecule has 2 aromatic heterocycles. The van der Waals surface area contributed by atoms with Crippen molar-refractivity contribution in [3.8, 4) is 5.75 Å². The lowest BCUT2D eigenvalue weighted by atomic mass is 9.75. The number of amides is 2. The van der Waals surface area contributed by atoms with E-state index in [-0.39, 0.29) is 18.4 Å². The van der Waals surface area contributed by atoms with Crippen molar-refractivity contribution in [2.24, 2.45) is 0 Å². The molecule has 2 amide bonds. The number of carbonyl (C=O) groups excluding carboxylic acids is 2. The lowest BCUT2D eigenvalue weighted by Gasteiger charge is -2.41. The maximum atomic E-state index is 13.6. The van der Waals surface area contributed by atoms with Gasteiger partial charge < -0.3 is 20.3 Å². The summed E-state index contributed by atoms with van der Waals surface area (Å²) in [5.41, 5.74) is 0.970. The fourth-order valence-electron chi connectivity index (χ4n) is 4.31. The summed E-state index contributed by atoms with van der Waals surface area (Å²) in [6.07, 6.45) is 4.63. The van der Waals surface area contributed by atoms with Crippen molar-refractivity contribution in [3.63, 3.8) is 0 Å². The zero-order valence-electron chi connectivity index (χ0n) is 18.7. The van der Waals surface area contributed by atoms with E-state index in [2.05, 4.69) is 20.6 Å². The van der Waals surface area contributed by atoms with E-state index in [0.717, 1.165) is 5.69 Å². The molecule has 2 N–H and O–H groups in total. The summed E-state index contributed by atoms with van der Waals surface area (Å²) in [5, 5.41) is 6.00. The number of rotatable bonds is 6. The van der Waals surface area contributed by atoms with E-state index in [1.807, 2.05) is 42.5 Å². The Balaban J connectivity index is 1.64. The summed E-state index contributed by atoms with van der Waals surface area (Å²) in [4.78, 5) is 37.3. The summed E-state index contributed by atoms with van der Waals surface area (Å²) >= 11 is 0. The van der Waals surface area contributed by atoms with Crippen molar-refractivity contribution >= 4 is 23.3 Å². The van der Waals surface area contributed by atoms with Gasteiger partial charge >= 0.3 is 0 Å². The number of hydrogen-bond acceptors (Lipinski definition) is 6. The molecule has 4 rings (SSSR count). The Kier molecular flexibility index (Phi) is 6.53. The van der Waals surface area contributed by atoms with Gasteiger partial charge in [-0.3, -0.25) is 14.6 Å². The minimum atomic E-state index is -0.896. The van der Waals surface area contributed by atoms with Crippen LogP contribution >= 0.6 is 0 Å². The second-order valence-electron chi connectivity index (χ2n) is 7.96. The maximum Gasteiger partial charge on any atom is 0.257 e. The maximum absolute atomic E-state index is 13.6. The van der Waals surface area contributed by atoms with Crippen LogP contribution in [0.15, 0.2) is 67.0 Å². The third-order valence-electron chi connectivity index (χ3n) is 5.97. The number of aromatic nitrogens is 2. The number of hydrogen-bond donors (Lipinski definition) is 2. The molecule has 0 radical (unpaired) electrons. The number of likely N-dealkylation sites (tertiary alicyclic amines) is 1. The monoisotopic (exact) mass is 445 g/mol. The van der Waals surface area contributed by atoms with Crippen molar-refractivity contribution in [3.05, 3.63) is 78.2 Å². The minimum absolute atomic E-state index is 0.139. The molecule has 8 heteroatoms. The molecule has 170 valence electrons. The highest BCUT2D eigenvalue weighted by Crippen LogP contribution is 2.34. The van der Waals surface area contributed by atoms with Crippen LogP contribution in [-0.2, 0) is 10.2 Å². The first-order valence-corrected chi connectivity index (χ1v) is 10.9. The number of nitrogens with one attached hydrogen (secondary N) is 2. The Labute approximate surface area is 193 Å². The first-order chi connectivity index (χ1) is 16.1. The van der Waals surface area contributed by atoms with Gasteiger partial charge in [-0.05, 0) is 49.2 Å². The van der Waals surface area contributed by atoms with Gasteiger partial charge in [0.2, 0.25) is 5.91 Å². The molecule has 1 aromatic carbocycles. The van der Waals surface area contributed by atoms with Crippen LogP contribution in [0, 0.1) is 0 Å². The van der Waals surface area contributed by atoms with Crippen molar-refractivity contribution in [2.45, 2.75) is 18.3 Å². The van der Waals surface area contributed by atoms with E-state index in [0.29, 0.717) is 42.2 Å². The Morgan fingerprint density at radius 2 is 1.91 bits per heavy atom. The number of likely N-dealkylation sites (N-methyl/N-ethyl adjacent to an activating group) is 1. The smallest absolute Gasteiger partial charge is 0.257 e. The fraction of sp³-hybridized carbons (Fsp3) is 0.280. The molecule has 1 saturated heterocycles. The van der Waals surface area contributed by atoms with Gasteiger partial charge in [-0.2, -0.15) is 0 Å². The number of pyridine rings is 2. The highest BCUT2D eigenvalue weighted by atomic mass is 16.5. The first kappa shape index (κ1) is 22.3. The van der Waals surface area contributed by atoms with Gasteiger partial charge in [-0.25, -0.2) is 4.98 Å². The molecule has 1 aliphatic rings. The van der Waals surface area contributed by atoms with E-state index in [1.54, 1.807) is 43.6 Å². The molecule has 0 saturated carbocycles. The third-order valence-corrected chi connectivity index (χ3v) is 5.97. The molecular weight excluding hydrogens is 418 g/mol. The summed E-state index contributed by atoms with van der Waals surface area (Å²) in [6.45, 7) is 0.800. The summed E-state index contributed by atoms with van der Waals surface area (Å²) < 4.78 is 5.28. The number of methoxy groups -OCH3 is 1. The van der Waals surface area contributed by atoms with Gasteiger partial charge in [0.05, 0.1) is 18.4 Å². The van der Waals surface area contributed by atoms with Crippen LogP contribution in [0.25, 0.3) is 0 Å². The van der Waals surface area contributed by atoms with Gasteiger partial charge in [0.25, 0.3) is 5.91 Å². The van der Waals surface area contributed by atoms with Crippen LogP contribution in [0.5, 0.6) is 5.75 Å². The molecule has 1 aliphatic heterocycles. The second kappa shape index (κ2) is 9.68. The highest BCUT2D eigenvalue weighted by Gasteiger charge is 2.45. The largest absolute Gasteiger partial charge is 0.497 e. The number of benzene rings is 1. The highest BCUT2D eigenvalue weighted by molar-refractivity contribution is 6.00. The van der Waals surface area contributed by atoms with Crippen molar-refractivity contribution < 1.29 is 14.3 Å². The molecular formula is C25H27N5O3. The molecule has 1 atom stereocenters. The Hall–Kier alpha value is -3.94. The fourth-order valence-corrected chi connectivity index (χ4v) is 4.31. The van der Waals surface area contributed by atoms with Crippen LogP contribution in [0.3, 0.4) is 0 Å². The minimum Gasteiger partial charge on any atom is -0.497 e. The molecule has 3 aromatic rings.